The molecular weight excluding hydrogens is 408 g/mol. The highest BCUT2D eigenvalue weighted by atomic mass is 35.5. The fourth-order valence-electron chi connectivity index (χ4n) is 6.22. The number of likely N-dealkylation sites (tertiary alicyclic amines) is 1. The Balaban J connectivity index is 1.25. The molecule has 0 amide bonds. The van der Waals surface area contributed by atoms with Gasteiger partial charge in [-0.25, -0.2) is 0 Å². The van der Waals surface area contributed by atoms with Crippen LogP contribution < -0.4 is 0 Å². The lowest BCUT2D eigenvalue weighted by Crippen LogP contribution is -2.38. The molecule has 3 atom stereocenters. The molecule has 3 aromatic rings. The highest BCUT2D eigenvalue weighted by Gasteiger charge is 2.43. The Morgan fingerprint density at radius 1 is 1.10 bits per heavy atom. The summed E-state index contributed by atoms with van der Waals surface area (Å²) >= 11 is 6.79. The Labute approximate surface area is 188 Å². The lowest BCUT2D eigenvalue weighted by Gasteiger charge is -2.32. The topological polar surface area (TPSA) is 54.0 Å². The second-order valence-corrected chi connectivity index (χ2v) is 10.1. The molecular formula is C25H29ClN4O. The maximum Gasteiger partial charge on any atom is 0.100 e. The minimum atomic E-state index is 0.547. The molecule has 2 saturated heterocycles. The molecule has 162 valence electrons. The Morgan fingerprint density at radius 3 is 2.61 bits per heavy atom. The smallest absolute Gasteiger partial charge is 0.100 e. The molecule has 31 heavy (non-hydrogen) atoms. The first kappa shape index (κ1) is 19.7. The monoisotopic (exact) mass is 436 g/mol. The van der Waals surface area contributed by atoms with Crippen molar-refractivity contribution < 1.29 is 4.74 Å². The van der Waals surface area contributed by atoms with Gasteiger partial charge < -0.3 is 4.74 Å². The van der Waals surface area contributed by atoms with E-state index in [0.717, 1.165) is 64.0 Å². The number of fused-ring (bicyclic) bond motifs is 2. The van der Waals surface area contributed by atoms with Crippen LogP contribution in [0.5, 0.6) is 0 Å². The summed E-state index contributed by atoms with van der Waals surface area (Å²) in [7, 11) is 0. The zero-order valence-electron chi connectivity index (χ0n) is 18.0. The summed E-state index contributed by atoms with van der Waals surface area (Å²) in [6, 6.07) is 9.22. The number of nitrogens with one attached hydrogen (secondary N) is 1. The van der Waals surface area contributed by atoms with E-state index in [0.29, 0.717) is 5.92 Å². The van der Waals surface area contributed by atoms with Crippen LogP contribution in [0, 0.1) is 18.8 Å². The summed E-state index contributed by atoms with van der Waals surface area (Å²) in [6.07, 6.45) is 6.74. The van der Waals surface area contributed by atoms with E-state index in [9.17, 15) is 0 Å². The predicted molar refractivity (Wildman–Crippen MR) is 123 cm³/mol. The minimum absolute atomic E-state index is 0.547. The number of H-pyrrole nitrogens is 1. The molecule has 2 aliphatic heterocycles. The number of aryl methyl sites for hydroxylation is 1. The molecule has 1 saturated carbocycles. The van der Waals surface area contributed by atoms with Gasteiger partial charge >= 0.3 is 0 Å². The van der Waals surface area contributed by atoms with Crippen LogP contribution in [0.3, 0.4) is 0 Å². The molecule has 5 nitrogen and oxygen atoms in total. The van der Waals surface area contributed by atoms with Crippen LogP contribution in [0.15, 0.2) is 30.5 Å². The number of rotatable bonds is 3. The van der Waals surface area contributed by atoms with Crippen LogP contribution in [-0.4, -0.2) is 52.4 Å². The first-order chi connectivity index (χ1) is 15.2. The average Bonchev–Trinajstić information content (AvgIpc) is 3.46. The molecule has 0 bridgehead atoms. The van der Waals surface area contributed by atoms with E-state index in [1.807, 2.05) is 19.2 Å². The average molecular weight is 437 g/mol. The molecule has 1 N–H and O–H groups in total. The van der Waals surface area contributed by atoms with E-state index < -0.39 is 0 Å². The molecule has 2 aromatic heterocycles. The Kier molecular flexibility index (Phi) is 5.01. The van der Waals surface area contributed by atoms with Gasteiger partial charge in [-0.15, -0.1) is 0 Å². The van der Waals surface area contributed by atoms with Crippen LogP contribution in [0.1, 0.15) is 42.9 Å². The summed E-state index contributed by atoms with van der Waals surface area (Å²) in [5.74, 6) is 2.14. The largest absolute Gasteiger partial charge is 0.381 e. The molecule has 6 rings (SSSR count). The molecule has 4 heterocycles. The van der Waals surface area contributed by atoms with Crippen LogP contribution in [0.2, 0.25) is 5.02 Å². The van der Waals surface area contributed by atoms with Crippen molar-refractivity contribution in [3.05, 3.63) is 46.7 Å². The number of hydrogen-bond donors (Lipinski definition) is 1. The van der Waals surface area contributed by atoms with Gasteiger partial charge in [0.1, 0.15) is 5.69 Å². The highest BCUT2D eigenvalue weighted by molar-refractivity contribution is 6.32. The van der Waals surface area contributed by atoms with Crippen LogP contribution in [0.4, 0.5) is 0 Å². The maximum atomic E-state index is 6.79. The second-order valence-electron chi connectivity index (χ2n) is 9.66. The number of aromatic amines is 1. The number of ether oxygens (including phenoxy) is 1. The number of nitrogens with zero attached hydrogens (tertiary/aromatic N) is 3. The van der Waals surface area contributed by atoms with E-state index in [1.165, 1.54) is 44.3 Å². The lowest BCUT2D eigenvalue weighted by molar-refractivity contribution is 0.0395. The van der Waals surface area contributed by atoms with E-state index in [2.05, 4.69) is 38.3 Å². The third-order valence-electron chi connectivity index (χ3n) is 7.78. The van der Waals surface area contributed by atoms with E-state index in [-0.39, 0.29) is 0 Å². The third kappa shape index (κ3) is 3.57. The first-order valence-electron chi connectivity index (χ1n) is 11.6. The maximum absolute atomic E-state index is 6.79. The number of hydrogen-bond acceptors (Lipinski definition) is 4. The van der Waals surface area contributed by atoms with E-state index in [4.69, 9.17) is 16.3 Å². The van der Waals surface area contributed by atoms with Crippen molar-refractivity contribution >= 4 is 22.5 Å². The van der Waals surface area contributed by atoms with Crippen LogP contribution in [0.25, 0.3) is 22.2 Å². The van der Waals surface area contributed by atoms with E-state index >= 15 is 0 Å². The third-order valence-corrected chi connectivity index (χ3v) is 8.10. The Bertz CT molecular complexity index is 1090. The summed E-state index contributed by atoms with van der Waals surface area (Å²) in [6.45, 7) is 6.37. The van der Waals surface area contributed by atoms with Crippen molar-refractivity contribution in [3.63, 3.8) is 0 Å². The summed E-state index contributed by atoms with van der Waals surface area (Å²) in [5.41, 5.74) is 5.39. The summed E-state index contributed by atoms with van der Waals surface area (Å²) in [4.78, 5) is 7.08. The molecule has 6 heteroatoms. The standard InChI is InChI=1S/C25H29ClN4O/c1-15-8-16(2-5-27-15)25-22-11-21(23(26)12-24(22)28-29-25)17-9-18-13-30(14-19(18)10-17)20-3-6-31-7-4-20/h2,5,8,11-12,17-20H,3-4,6-7,9-10,13-14H2,1H3,(H,28,29)/t17?,18-,19+. The zero-order chi connectivity index (χ0) is 20.9. The molecule has 0 spiro atoms. The number of aromatic nitrogens is 3. The van der Waals surface area contributed by atoms with Gasteiger partial charge in [-0.3, -0.25) is 15.0 Å². The van der Waals surface area contributed by atoms with Crippen molar-refractivity contribution in [1.29, 1.82) is 0 Å². The molecule has 1 unspecified atom stereocenters. The number of benzene rings is 1. The molecule has 3 aliphatic rings. The minimum Gasteiger partial charge on any atom is -0.381 e. The predicted octanol–water partition coefficient (Wildman–Crippen LogP) is 5.19. The van der Waals surface area contributed by atoms with Gasteiger partial charge in [-0.1, -0.05) is 11.6 Å². The van der Waals surface area contributed by atoms with Gasteiger partial charge in [-0.2, -0.15) is 5.10 Å². The second kappa shape index (κ2) is 7.88. The molecule has 1 aliphatic carbocycles. The van der Waals surface area contributed by atoms with Crippen molar-refractivity contribution in [2.75, 3.05) is 26.3 Å². The van der Waals surface area contributed by atoms with E-state index in [1.54, 1.807) is 0 Å². The summed E-state index contributed by atoms with van der Waals surface area (Å²) < 4.78 is 5.57. The van der Waals surface area contributed by atoms with Crippen molar-refractivity contribution in [2.24, 2.45) is 11.8 Å². The van der Waals surface area contributed by atoms with Gasteiger partial charge in [0, 0.05) is 60.2 Å². The van der Waals surface area contributed by atoms with Gasteiger partial charge in [0.15, 0.2) is 0 Å². The lowest BCUT2D eigenvalue weighted by atomic mass is 9.93. The van der Waals surface area contributed by atoms with Crippen molar-refractivity contribution in [1.82, 2.24) is 20.1 Å². The van der Waals surface area contributed by atoms with Gasteiger partial charge in [0.05, 0.1) is 5.52 Å². The summed E-state index contributed by atoms with van der Waals surface area (Å²) in [5, 5.41) is 9.81. The normalized spacial score (nSPS) is 27.2. The zero-order valence-corrected chi connectivity index (χ0v) is 18.7. The highest BCUT2D eigenvalue weighted by Crippen LogP contribution is 2.49. The van der Waals surface area contributed by atoms with Crippen molar-refractivity contribution in [3.8, 4) is 11.3 Å². The van der Waals surface area contributed by atoms with Crippen LogP contribution >= 0.6 is 11.6 Å². The molecule has 3 fully saturated rings. The van der Waals surface area contributed by atoms with Crippen molar-refractivity contribution in [2.45, 2.75) is 44.6 Å². The molecule has 0 radical (unpaired) electrons. The fraction of sp³-hybridized carbons (Fsp3) is 0.520. The quantitative estimate of drug-likeness (QED) is 0.613. The van der Waals surface area contributed by atoms with Gasteiger partial charge in [0.25, 0.3) is 0 Å². The Morgan fingerprint density at radius 2 is 1.87 bits per heavy atom. The van der Waals surface area contributed by atoms with Crippen LogP contribution in [-0.2, 0) is 4.74 Å². The first-order valence-corrected chi connectivity index (χ1v) is 12.0. The SMILES string of the molecule is Cc1cc(-c2n[nH]c3cc(Cl)c(C4C[C@@H]5CN(C6CCOCC6)C[C@@H]5C4)cc23)ccn1. The Hall–Kier alpha value is -1.95. The molecule has 1 aromatic carbocycles. The van der Waals surface area contributed by atoms with Gasteiger partial charge in [-0.05, 0) is 80.2 Å². The van der Waals surface area contributed by atoms with Gasteiger partial charge in [0.2, 0.25) is 0 Å². The fourth-order valence-corrected chi connectivity index (χ4v) is 6.54. The number of halogens is 1. The number of pyridine rings is 1.